The maximum absolute atomic E-state index is 10.6. The van der Waals surface area contributed by atoms with Crippen LogP contribution in [0.1, 0.15) is 13.3 Å². The number of fused-ring (bicyclic) bond motifs is 1. The second-order valence-corrected chi connectivity index (χ2v) is 3.39. The van der Waals surface area contributed by atoms with Gasteiger partial charge in [0.05, 0.1) is 10.4 Å². The molecule has 0 amide bonds. The molecule has 5 nitrogen and oxygen atoms in total. The zero-order valence-corrected chi connectivity index (χ0v) is 8.38. The van der Waals surface area contributed by atoms with E-state index >= 15 is 0 Å². The fourth-order valence-electron chi connectivity index (χ4n) is 1.52. The highest BCUT2D eigenvalue weighted by atomic mass is 16.6. The molecule has 78 valence electrons. The van der Waals surface area contributed by atoms with Crippen LogP contribution in [0.25, 0.3) is 10.9 Å². The number of rotatable bonds is 3. The van der Waals surface area contributed by atoms with Gasteiger partial charge in [-0.25, -0.2) is 0 Å². The minimum atomic E-state index is -0.392. The molecule has 0 atom stereocenters. The largest absolute Gasteiger partial charge is 0.272 e. The van der Waals surface area contributed by atoms with Crippen molar-refractivity contribution in [2.75, 3.05) is 0 Å². The highest BCUT2D eigenvalue weighted by molar-refractivity contribution is 5.80. The quantitative estimate of drug-likeness (QED) is 0.570. The number of aryl methyl sites for hydroxylation is 1. The molecule has 0 aliphatic heterocycles. The molecule has 0 fully saturated rings. The van der Waals surface area contributed by atoms with Crippen LogP contribution in [0.2, 0.25) is 0 Å². The van der Waals surface area contributed by atoms with E-state index in [9.17, 15) is 10.1 Å². The summed E-state index contributed by atoms with van der Waals surface area (Å²) in [6, 6.07) is 4.71. The van der Waals surface area contributed by atoms with Crippen molar-refractivity contribution in [3.63, 3.8) is 0 Å². The van der Waals surface area contributed by atoms with Crippen molar-refractivity contribution in [3.05, 3.63) is 34.5 Å². The molecule has 0 aliphatic carbocycles. The van der Waals surface area contributed by atoms with Gasteiger partial charge < -0.3 is 0 Å². The van der Waals surface area contributed by atoms with Gasteiger partial charge in [0.2, 0.25) is 0 Å². The molecule has 1 heterocycles. The van der Waals surface area contributed by atoms with E-state index in [0.717, 1.165) is 23.9 Å². The third-order valence-corrected chi connectivity index (χ3v) is 2.20. The Kier molecular flexibility index (Phi) is 2.37. The lowest BCUT2D eigenvalue weighted by Crippen LogP contribution is -1.95. The van der Waals surface area contributed by atoms with Gasteiger partial charge in [-0.1, -0.05) is 6.92 Å². The zero-order valence-electron chi connectivity index (χ0n) is 8.38. The molecule has 2 aromatic rings. The smallest absolute Gasteiger partial charge is 0.270 e. The Labute approximate surface area is 86.5 Å². The Balaban J connectivity index is 2.47. The molecule has 1 aromatic heterocycles. The molecule has 0 unspecified atom stereocenters. The van der Waals surface area contributed by atoms with Crippen LogP contribution < -0.4 is 0 Å². The predicted octanol–water partition coefficient (Wildman–Crippen LogP) is 2.35. The van der Waals surface area contributed by atoms with Gasteiger partial charge in [0.15, 0.2) is 0 Å². The number of hydrogen-bond donors (Lipinski definition) is 0. The normalized spacial score (nSPS) is 10.7. The van der Waals surface area contributed by atoms with E-state index in [1.807, 2.05) is 10.9 Å². The monoisotopic (exact) mass is 205 g/mol. The SMILES string of the molecule is CCCn1cc2cc([N+](=O)[O-])ccc2n1. The van der Waals surface area contributed by atoms with Crippen LogP contribution in [0, 0.1) is 10.1 Å². The molecule has 0 spiro atoms. The van der Waals surface area contributed by atoms with Crippen LogP contribution in [0.5, 0.6) is 0 Å². The molecule has 2 rings (SSSR count). The van der Waals surface area contributed by atoms with Gasteiger partial charge >= 0.3 is 0 Å². The van der Waals surface area contributed by atoms with Crippen molar-refractivity contribution >= 4 is 16.6 Å². The minimum Gasteiger partial charge on any atom is -0.272 e. The van der Waals surface area contributed by atoms with Gasteiger partial charge in [-0.15, -0.1) is 0 Å². The van der Waals surface area contributed by atoms with Gasteiger partial charge in [0.25, 0.3) is 5.69 Å². The summed E-state index contributed by atoms with van der Waals surface area (Å²) < 4.78 is 1.81. The van der Waals surface area contributed by atoms with E-state index in [1.54, 1.807) is 12.1 Å². The van der Waals surface area contributed by atoms with Crippen LogP contribution in [-0.2, 0) is 6.54 Å². The van der Waals surface area contributed by atoms with Gasteiger partial charge in [0.1, 0.15) is 0 Å². The topological polar surface area (TPSA) is 61.0 Å². The molecule has 0 bridgehead atoms. The maximum atomic E-state index is 10.6. The first kappa shape index (κ1) is 9.64. The number of nitrogens with zero attached hydrogens (tertiary/aromatic N) is 3. The summed E-state index contributed by atoms with van der Waals surface area (Å²) in [5, 5.41) is 15.7. The van der Waals surface area contributed by atoms with Crippen molar-refractivity contribution in [3.8, 4) is 0 Å². The second-order valence-electron chi connectivity index (χ2n) is 3.39. The number of benzene rings is 1. The van der Waals surface area contributed by atoms with Crippen molar-refractivity contribution in [2.24, 2.45) is 0 Å². The summed E-state index contributed by atoms with van der Waals surface area (Å²) in [7, 11) is 0. The lowest BCUT2D eigenvalue weighted by Gasteiger charge is -1.93. The lowest BCUT2D eigenvalue weighted by atomic mass is 10.2. The zero-order chi connectivity index (χ0) is 10.8. The number of nitro groups is 1. The Morgan fingerprint density at radius 2 is 2.33 bits per heavy atom. The Hall–Kier alpha value is -1.91. The molecular weight excluding hydrogens is 194 g/mol. The first-order chi connectivity index (χ1) is 7.20. The summed E-state index contributed by atoms with van der Waals surface area (Å²) in [4.78, 5) is 10.2. The first-order valence-corrected chi connectivity index (χ1v) is 4.82. The van der Waals surface area contributed by atoms with E-state index in [1.165, 1.54) is 6.07 Å². The molecule has 0 aliphatic rings. The highest BCUT2D eigenvalue weighted by Gasteiger charge is 2.08. The average Bonchev–Trinajstić information content (AvgIpc) is 2.59. The number of hydrogen-bond acceptors (Lipinski definition) is 3. The molecule has 0 saturated heterocycles. The molecule has 0 N–H and O–H groups in total. The van der Waals surface area contributed by atoms with Gasteiger partial charge in [-0.05, 0) is 12.5 Å². The summed E-state index contributed by atoms with van der Waals surface area (Å²) in [5.74, 6) is 0. The van der Waals surface area contributed by atoms with Crippen LogP contribution in [0.3, 0.4) is 0 Å². The fraction of sp³-hybridized carbons (Fsp3) is 0.300. The third kappa shape index (κ3) is 1.81. The molecule has 0 saturated carbocycles. The van der Waals surface area contributed by atoms with E-state index in [0.29, 0.717) is 0 Å². The summed E-state index contributed by atoms with van der Waals surface area (Å²) >= 11 is 0. The third-order valence-electron chi connectivity index (χ3n) is 2.20. The predicted molar refractivity (Wildman–Crippen MR) is 56.7 cm³/mol. The number of aromatic nitrogens is 2. The standard InChI is InChI=1S/C10H11N3O2/c1-2-5-12-7-8-6-9(13(14)15)3-4-10(8)11-12/h3-4,6-7H,2,5H2,1H3. The minimum absolute atomic E-state index is 0.110. The molecule has 1 aromatic carbocycles. The molecule has 15 heavy (non-hydrogen) atoms. The van der Waals surface area contributed by atoms with Crippen molar-refractivity contribution in [1.29, 1.82) is 0 Å². The number of non-ortho nitro benzene ring substituents is 1. The Morgan fingerprint density at radius 1 is 1.53 bits per heavy atom. The van der Waals surface area contributed by atoms with E-state index in [4.69, 9.17) is 0 Å². The maximum Gasteiger partial charge on any atom is 0.270 e. The van der Waals surface area contributed by atoms with Crippen molar-refractivity contribution < 1.29 is 4.92 Å². The average molecular weight is 205 g/mol. The van der Waals surface area contributed by atoms with Crippen molar-refractivity contribution in [2.45, 2.75) is 19.9 Å². The second kappa shape index (κ2) is 3.68. The summed E-state index contributed by atoms with van der Waals surface area (Å²) in [6.07, 6.45) is 2.84. The van der Waals surface area contributed by atoms with Crippen LogP contribution in [0.4, 0.5) is 5.69 Å². The van der Waals surface area contributed by atoms with Crippen molar-refractivity contribution in [1.82, 2.24) is 9.78 Å². The van der Waals surface area contributed by atoms with Crippen LogP contribution in [-0.4, -0.2) is 14.7 Å². The fourth-order valence-corrected chi connectivity index (χ4v) is 1.52. The molecular formula is C10H11N3O2. The Morgan fingerprint density at radius 3 is 3.00 bits per heavy atom. The first-order valence-electron chi connectivity index (χ1n) is 4.82. The summed E-state index contributed by atoms with van der Waals surface area (Å²) in [5.41, 5.74) is 0.910. The van der Waals surface area contributed by atoms with E-state index < -0.39 is 4.92 Å². The molecule has 0 radical (unpaired) electrons. The van der Waals surface area contributed by atoms with Crippen LogP contribution in [0.15, 0.2) is 24.4 Å². The summed E-state index contributed by atoms with van der Waals surface area (Å²) in [6.45, 7) is 2.90. The van der Waals surface area contributed by atoms with Gasteiger partial charge in [-0.2, -0.15) is 5.10 Å². The Bertz CT molecular complexity index is 504. The van der Waals surface area contributed by atoms with E-state index in [2.05, 4.69) is 12.0 Å². The van der Waals surface area contributed by atoms with E-state index in [-0.39, 0.29) is 5.69 Å². The van der Waals surface area contributed by atoms with Gasteiger partial charge in [-0.3, -0.25) is 14.8 Å². The number of nitro benzene ring substituents is 1. The van der Waals surface area contributed by atoms with Gasteiger partial charge in [0, 0.05) is 30.3 Å². The highest BCUT2D eigenvalue weighted by Crippen LogP contribution is 2.19. The molecule has 5 heteroatoms. The lowest BCUT2D eigenvalue weighted by molar-refractivity contribution is -0.384. The van der Waals surface area contributed by atoms with Crippen LogP contribution >= 0.6 is 0 Å².